The van der Waals surface area contributed by atoms with Crippen molar-refractivity contribution < 1.29 is 9.53 Å². The third-order valence-corrected chi connectivity index (χ3v) is 3.93. The summed E-state index contributed by atoms with van der Waals surface area (Å²) >= 11 is 0. The highest BCUT2D eigenvalue weighted by Crippen LogP contribution is 2.18. The summed E-state index contributed by atoms with van der Waals surface area (Å²) in [5.41, 5.74) is 2.60. The number of morpholine rings is 1. The highest BCUT2D eigenvalue weighted by atomic mass is 16.5. The summed E-state index contributed by atoms with van der Waals surface area (Å²) in [6, 6.07) is 8.26. The van der Waals surface area contributed by atoms with Crippen molar-refractivity contribution in [2.45, 2.75) is 32.0 Å². The van der Waals surface area contributed by atoms with Gasteiger partial charge < -0.3 is 15.0 Å². The van der Waals surface area contributed by atoms with Crippen LogP contribution >= 0.6 is 0 Å². The van der Waals surface area contributed by atoms with Crippen LogP contribution in [0.25, 0.3) is 0 Å². The molecule has 4 heteroatoms. The third kappa shape index (κ3) is 2.65. The Morgan fingerprint density at radius 3 is 2.95 bits per heavy atom. The molecule has 1 aromatic rings. The normalized spacial score (nSPS) is 26.9. The zero-order valence-corrected chi connectivity index (χ0v) is 11.3. The van der Waals surface area contributed by atoms with Crippen LogP contribution in [0.5, 0.6) is 0 Å². The van der Waals surface area contributed by atoms with E-state index in [1.54, 1.807) is 0 Å². The Kier molecular flexibility index (Phi) is 3.53. The van der Waals surface area contributed by atoms with E-state index in [2.05, 4.69) is 17.4 Å². The van der Waals surface area contributed by atoms with Gasteiger partial charge in [-0.05, 0) is 24.5 Å². The first-order valence-corrected chi connectivity index (χ1v) is 6.94. The van der Waals surface area contributed by atoms with E-state index in [1.807, 2.05) is 24.0 Å². The molecule has 0 saturated carbocycles. The molecule has 0 spiro atoms. The molecule has 0 radical (unpaired) electrons. The van der Waals surface area contributed by atoms with Crippen LogP contribution in [0.2, 0.25) is 0 Å². The molecule has 2 atom stereocenters. The first kappa shape index (κ1) is 12.6. The van der Waals surface area contributed by atoms with Crippen molar-refractivity contribution in [2.75, 3.05) is 19.7 Å². The number of benzene rings is 1. The molecular formula is C15H20N2O2. The first-order chi connectivity index (χ1) is 9.24. The van der Waals surface area contributed by atoms with Gasteiger partial charge in [-0.25, -0.2) is 0 Å². The maximum atomic E-state index is 12.5. The van der Waals surface area contributed by atoms with Crippen molar-refractivity contribution >= 4 is 5.91 Å². The number of hydrogen-bond acceptors (Lipinski definition) is 3. The maximum absolute atomic E-state index is 12.5. The summed E-state index contributed by atoms with van der Waals surface area (Å²) in [7, 11) is 0. The predicted octanol–water partition coefficient (Wildman–Crippen LogP) is 0.948. The zero-order valence-electron chi connectivity index (χ0n) is 11.3. The molecule has 3 rings (SSSR count). The Labute approximate surface area is 113 Å². The van der Waals surface area contributed by atoms with Crippen LogP contribution in [-0.2, 0) is 22.5 Å². The SMILES string of the molecule is CC1CN(C(=O)[C@H]2Cc3ccccc3CN2)CCO1. The number of ether oxygens (including phenoxy) is 1. The minimum absolute atomic E-state index is 0.0831. The van der Waals surface area contributed by atoms with Crippen molar-refractivity contribution in [3.63, 3.8) is 0 Å². The molecule has 1 unspecified atom stereocenters. The Bertz CT molecular complexity index is 475. The zero-order chi connectivity index (χ0) is 13.2. The monoisotopic (exact) mass is 260 g/mol. The smallest absolute Gasteiger partial charge is 0.240 e. The van der Waals surface area contributed by atoms with Gasteiger partial charge in [0, 0.05) is 19.6 Å². The quantitative estimate of drug-likeness (QED) is 0.817. The molecule has 102 valence electrons. The van der Waals surface area contributed by atoms with Crippen LogP contribution in [0.4, 0.5) is 0 Å². The second-order valence-corrected chi connectivity index (χ2v) is 5.37. The highest BCUT2D eigenvalue weighted by Gasteiger charge is 2.30. The Hall–Kier alpha value is -1.39. The van der Waals surface area contributed by atoms with E-state index < -0.39 is 0 Å². The average Bonchev–Trinajstić information content (AvgIpc) is 2.46. The van der Waals surface area contributed by atoms with Crippen molar-refractivity contribution in [1.82, 2.24) is 10.2 Å². The van der Waals surface area contributed by atoms with Gasteiger partial charge in [-0.2, -0.15) is 0 Å². The molecule has 1 saturated heterocycles. The molecule has 1 aromatic carbocycles. The van der Waals surface area contributed by atoms with Gasteiger partial charge in [-0.15, -0.1) is 0 Å². The van der Waals surface area contributed by atoms with Gasteiger partial charge in [0.2, 0.25) is 5.91 Å². The molecule has 2 heterocycles. The van der Waals surface area contributed by atoms with Gasteiger partial charge in [-0.1, -0.05) is 24.3 Å². The number of fused-ring (bicyclic) bond motifs is 1. The molecule has 1 N–H and O–H groups in total. The fraction of sp³-hybridized carbons (Fsp3) is 0.533. The average molecular weight is 260 g/mol. The summed E-state index contributed by atoms with van der Waals surface area (Å²) in [4.78, 5) is 14.4. The maximum Gasteiger partial charge on any atom is 0.240 e. The van der Waals surface area contributed by atoms with Crippen LogP contribution in [0.1, 0.15) is 18.1 Å². The largest absolute Gasteiger partial charge is 0.375 e. The van der Waals surface area contributed by atoms with Crippen LogP contribution in [0.3, 0.4) is 0 Å². The fourth-order valence-corrected chi connectivity index (χ4v) is 2.87. The number of rotatable bonds is 1. The van der Waals surface area contributed by atoms with Crippen molar-refractivity contribution in [2.24, 2.45) is 0 Å². The van der Waals surface area contributed by atoms with E-state index >= 15 is 0 Å². The molecule has 2 aliphatic rings. The second kappa shape index (κ2) is 5.31. The summed E-state index contributed by atoms with van der Waals surface area (Å²) in [5, 5.41) is 3.36. The lowest BCUT2D eigenvalue weighted by atomic mass is 9.95. The summed E-state index contributed by atoms with van der Waals surface area (Å²) in [5.74, 6) is 0.213. The van der Waals surface area contributed by atoms with Gasteiger partial charge >= 0.3 is 0 Å². The molecule has 1 fully saturated rings. The first-order valence-electron chi connectivity index (χ1n) is 6.94. The predicted molar refractivity (Wildman–Crippen MR) is 72.8 cm³/mol. The second-order valence-electron chi connectivity index (χ2n) is 5.37. The molecule has 0 bridgehead atoms. The van der Waals surface area contributed by atoms with Gasteiger partial charge in [0.05, 0.1) is 18.8 Å². The van der Waals surface area contributed by atoms with Crippen LogP contribution in [-0.4, -0.2) is 42.6 Å². The fourth-order valence-electron chi connectivity index (χ4n) is 2.87. The molecule has 4 nitrogen and oxygen atoms in total. The Morgan fingerprint density at radius 2 is 2.16 bits per heavy atom. The van der Waals surface area contributed by atoms with Crippen LogP contribution in [0.15, 0.2) is 24.3 Å². The topological polar surface area (TPSA) is 41.6 Å². The standard InChI is InChI=1S/C15H20N2O2/c1-11-10-17(6-7-19-11)15(18)14-8-12-4-2-3-5-13(12)9-16-14/h2-5,11,14,16H,6-10H2,1H3/t11?,14-/m1/s1. The lowest BCUT2D eigenvalue weighted by molar-refractivity contribution is -0.140. The van der Waals surface area contributed by atoms with Crippen molar-refractivity contribution in [3.8, 4) is 0 Å². The van der Waals surface area contributed by atoms with E-state index in [-0.39, 0.29) is 18.1 Å². The van der Waals surface area contributed by atoms with E-state index in [4.69, 9.17) is 4.74 Å². The molecule has 0 aliphatic carbocycles. The number of nitrogens with one attached hydrogen (secondary N) is 1. The number of carbonyl (C=O) groups excluding carboxylic acids is 1. The number of carbonyl (C=O) groups is 1. The molecule has 2 aliphatic heterocycles. The van der Waals surface area contributed by atoms with Crippen molar-refractivity contribution in [1.29, 1.82) is 0 Å². The molecule has 19 heavy (non-hydrogen) atoms. The minimum Gasteiger partial charge on any atom is -0.375 e. The number of hydrogen-bond donors (Lipinski definition) is 1. The van der Waals surface area contributed by atoms with Gasteiger partial charge in [0.15, 0.2) is 0 Å². The Balaban J connectivity index is 1.69. The summed E-state index contributed by atoms with van der Waals surface area (Å²) < 4.78 is 5.49. The van der Waals surface area contributed by atoms with E-state index in [9.17, 15) is 4.79 Å². The molecule has 0 aromatic heterocycles. The van der Waals surface area contributed by atoms with Crippen LogP contribution < -0.4 is 5.32 Å². The van der Waals surface area contributed by atoms with Gasteiger partial charge in [-0.3, -0.25) is 4.79 Å². The van der Waals surface area contributed by atoms with E-state index in [1.165, 1.54) is 11.1 Å². The minimum atomic E-state index is -0.0831. The molecule has 1 amide bonds. The van der Waals surface area contributed by atoms with Gasteiger partial charge in [0.1, 0.15) is 0 Å². The van der Waals surface area contributed by atoms with Crippen molar-refractivity contribution in [3.05, 3.63) is 35.4 Å². The van der Waals surface area contributed by atoms with Crippen LogP contribution in [0, 0.1) is 0 Å². The highest BCUT2D eigenvalue weighted by molar-refractivity contribution is 5.82. The lowest BCUT2D eigenvalue weighted by Crippen LogP contribution is -2.53. The number of nitrogens with zero attached hydrogens (tertiary/aromatic N) is 1. The summed E-state index contributed by atoms with van der Waals surface area (Å²) in [6.45, 7) is 4.87. The lowest BCUT2D eigenvalue weighted by Gasteiger charge is -2.35. The summed E-state index contributed by atoms with van der Waals surface area (Å²) in [6.07, 6.45) is 0.939. The Morgan fingerprint density at radius 1 is 1.37 bits per heavy atom. The number of amides is 1. The van der Waals surface area contributed by atoms with E-state index in [0.717, 1.165) is 13.0 Å². The third-order valence-electron chi connectivity index (χ3n) is 3.93. The van der Waals surface area contributed by atoms with E-state index in [0.29, 0.717) is 19.7 Å². The molecular weight excluding hydrogens is 240 g/mol. The van der Waals surface area contributed by atoms with Gasteiger partial charge in [0.25, 0.3) is 0 Å².